The van der Waals surface area contributed by atoms with E-state index in [0.717, 1.165) is 43.3 Å². The van der Waals surface area contributed by atoms with Gasteiger partial charge in [0.05, 0.1) is 18.0 Å². The lowest BCUT2D eigenvalue weighted by Gasteiger charge is -2.17. The number of nitrogens with zero attached hydrogens (tertiary/aromatic N) is 3. The molecule has 0 fully saturated rings. The van der Waals surface area contributed by atoms with Crippen LogP contribution in [0.3, 0.4) is 0 Å². The van der Waals surface area contributed by atoms with Gasteiger partial charge in [0.1, 0.15) is 5.75 Å². The van der Waals surface area contributed by atoms with Gasteiger partial charge in [-0.3, -0.25) is 9.97 Å². The monoisotopic (exact) mass is 299 g/mol. The molecule has 1 aromatic heterocycles. The summed E-state index contributed by atoms with van der Waals surface area (Å²) < 4.78 is 5.93. The molecule has 0 saturated heterocycles. The summed E-state index contributed by atoms with van der Waals surface area (Å²) in [7, 11) is 2.10. The number of ether oxygens (including phenoxy) is 1. The normalized spacial score (nSPS) is 11.0. The molecular formula is C18H25N3O. The summed E-state index contributed by atoms with van der Waals surface area (Å²) in [5, 5.41) is 0. The Morgan fingerprint density at radius 1 is 1.05 bits per heavy atom. The molecule has 4 nitrogen and oxygen atoms in total. The molecule has 2 aromatic rings. The van der Waals surface area contributed by atoms with Crippen LogP contribution in [-0.2, 0) is 6.54 Å². The summed E-state index contributed by atoms with van der Waals surface area (Å²) in [4.78, 5) is 10.9. The van der Waals surface area contributed by atoms with Crippen molar-refractivity contribution in [2.24, 2.45) is 0 Å². The molecule has 1 aromatic carbocycles. The van der Waals surface area contributed by atoms with Crippen molar-refractivity contribution < 1.29 is 4.74 Å². The molecule has 0 bridgehead atoms. The van der Waals surface area contributed by atoms with E-state index in [1.165, 1.54) is 11.1 Å². The van der Waals surface area contributed by atoms with Crippen LogP contribution in [0.15, 0.2) is 30.6 Å². The standard InChI is InChI=1S/C18H25N3O/c1-14-7-5-8-15(2)18(14)22-10-6-9-21(4)13-17-12-19-16(3)11-20-17/h5,7-8,11-12H,6,9-10,13H2,1-4H3. The summed E-state index contributed by atoms with van der Waals surface area (Å²) in [5.41, 5.74) is 4.35. The molecule has 4 heteroatoms. The van der Waals surface area contributed by atoms with Gasteiger partial charge < -0.3 is 9.64 Å². The smallest absolute Gasteiger partial charge is 0.125 e. The predicted octanol–water partition coefficient (Wildman–Crippen LogP) is 3.30. The van der Waals surface area contributed by atoms with Crippen molar-refractivity contribution in [2.75, 3.05) is 20.2 Å². The lowest BCUT2D eigenvalue weighted by Crippen LogP contribution is -2.21. The van der Waals surface area contributed by atoms with Gasteiger partial charge in [-0.1, -0.05) is 18.2 Å². The largest absolute Gasteiger partial charge is 0.493 e. The molecule has 0 N–H and O–H groups in total. The Kier molecular flexibility index (Phi) is 5.90. The van der Waals surface area contributed by atoms with E-state index in [1.54, 1.807) is 0 Å². The Morgan fingerprint density at radius 3 is 2.41 bits per heavy atom. The molecule has 0 spiro atoms. The number of benzene rings is 1. The van der Waals surface area contributed by atoms with Crippen LogP contribution < -0.4 is 4.74 Å². The van der Waals surface area contributed by atoms with Crippen molar-refractivity contribution in [3.05, 3.63) is 53.1 Å². The molecule has 0 saturated carbocycles. The fourth-order valence-electron chi connectivity index (χ4n) is 2.39. The van der Waals surface area contributed by atoms with Crippen LogP contribution in [0.2, 0.25) is 0 Å². The van der Waals surface area contributed by atoms with Crippen molar-refractivity contribution in [3.63, 3.8) is 0 Å². The molecule has 0 aliphatic carbocycles. The maximum atomic E-state index is 5.93. The number of aryl methyl sites for hydroxylation is 3. The van der Waals surface area contributed by atoms with E-state index in [1.807, 2.05) is 19.3 Å². The Morgan fingerprint density at radius 2 is 1.77 bits per heavy atom. The van der Waals surface area contributed by atoms with Crippen molar-refractivity contribution in [3.8, 4) is 5.75 Å². The first-order valence-electron chi connectivity index (χ1n) is 7.71. The van der Waals surface area contributed by atoms with Gasteiger partial charge in [-0.25, -0.2) is 0 Å². The lowest BCUT2D eigenvalue weighted by atomic mass is 10.1. The Hall–Kier alpha value is -1.94. The van der Waals surface area contributed by atoms with Gasteiger partial charge in [-0.05, 0) is 45.4 Å². The van der Waals surface area contributed by atoms with Gasteiger partial charge in [-0.2, -0.15) is 0 Å². The molecule has 0 aliphatic heterocycles. The zero-order chi connectivity index (χ0) is 15.9. The highest BCUT2D eigenvalue weighted by Crippen LogP contribution is 2.22. The van der Waals surface area contributed by atoms with Crippen LogP contribution >= 0.6 is 0 Å². The quantitative estimate of drug-likeness (QED) is 0.735. The minimum atomic E-state index is 0.732. The molecule has 118 valence electrons. The second kappa shape index (κ2) is 7.90. The van der Waals surface area contributed by atoms with E-state index in [4.69, 9.17) is 4.74 Å². The first kappa shape index (κ1) is 16.4. The van der Waals surface area contributed by atoms with Crippen LogP contribution in [0.4, 0.5) is 0 Å². The van der Waals surface area contributed by atoms with Crippen LogP contribution in [0.5, 0.6) is 5.75 Å². The van der Waals surface area contributed by atoms with Crippen LogP contribution in [-0.4, -0.2) is 35.1 Å². The fraction of sp³-hybridized carbons (Fsp3) is 0.444. The molecule has 0 aliphatic rings. The number of para-hydroxylation sites is 1. The van der Waals surface area contributed by atoms with Crippen molar-refractivity contribution in [2.45, 2.75) is 33.7 Å². The highest BCUT2D eigenvalue weighted by molar-refractivity contribution is 5.39. The summed E-state index contributed by atoms with van der Waals surface area (Å²) in [6, 6.07) is 6.24. The van der Waals surface area contributed by atoms with E-state index >= 15 is 0 Å². The Bertz CT molecular complexity index is 576. The topological polar surface area (TPSA) is 38.2 Å². The van der Waals surface area contributed by atoms with Gasteiger partial charge >= 0.3 is 0 Å². The van der Waals surface area contributed by atoms with E-state index in [2.05, 4.69) is 54.0 Å². The maximum absolute atomic E-state index is 5.93. The number of aromatic nitrogens is 2. The molecule has 0 amide bonds. The zero-order valence-corrected chi connectivity index (χ0v) is 14.0. The molecular weight excluding hydrogens is 274 g/mol. The fourth-order valence-corrected chi connectivity index (χ4v) is 2.39. The Balaban J connectivity index is 1.73. The summed E-state index contributed by atoms with van der Waals surface area (Å²) in [5.74, 6) is 1.02. The minimum Gasteiger partial charge on any atom is -0.493 e. The highest BCUT2D eigenvalue weighted by Gasteiger charge is 2.05. The first-order valence-corrected chi connectivity index (χ1v) is 7.71. The van der Waals surface area contributed by atoms with E-state index < -0.39 is 0 Å². The summed E-state index contributed by atoms with van der Waals surface area (Å²) >= 11 is 0. The van der Waals surface area contributed by atoms with E-state index in [0.29, 0.717) is 0 Å². The van der Waals surface area contributed by atoms with Crippen LogP contribution in [0.25, 0.3) is 0 Å². The molecule has 0 unspecified atom stereocenters. The lowest BCUT2D eigenvalue weighted by molar-refractivity contribution is 0.255. The summed E-state index contributed by atoms with van der Waals surface area (Å²) in [6.07, 6.45) is 4.65. The maximum Gasteiger partial charge on any atom is 0.125 e. The molecule has 2 rings (SSSR count). The second-order valence-corrected chi connectivity index (χ2v) is 5.81. The number of hydrogen-bond acceptors (Lipinski definition) is 4. The summed E-state index contributed by atoms with van der Waals surface area (Å²) in [6.45, 7) is 8.65. The van der Waals surface area contributed by atoms with Crippen molar-refractivity contribution in [1.82, 2.24) is 14.9 Å². The first-order chi connectivity index (χ1) is 10.6. The van der Waals surface area contributed by atoms with Crippen LogP contribution in [0.1, 0.15) is 28.9 Å². The number of hydrogen-bond donors (Lipinski definition) is 0. The Labute approximate surface area is 133 Å². The zero-order valence-electron chi connectivity index (χ0n) is 14.0. The SMILES string of the molecule is Cc1cnc(CN(C)CCCOc2c(C)cccc2C)cn1. The van der Waals surface area contributed by atoms with Gasteiger partial charge in [0.25, 0.3) is 0 Å². The average Bonchev–Trinajstić information content (AvgIpc) is 2.48. The van der Waals surface area contributed by atoms with E-state index in [9.17, 15) is 0 Å². The second-order valence-electron chi connectivity index (χ2n) is 5.81. The van der Waals surface area contributed by atoms with Gasteiger partial charge in [0.2, 0.25) is 0 Å². The molecule has 1 heterocycles. The third kappa shape index (κ3) is 4.81. The number of rotatable bonds is 7. The molecule has 0 radical (unpaired) electrons. The third-order valence-electron chi connectivity index (χ3n) is 3.61. The molecule has 22 heavy (non-hydrogen) atoms. The minimum absolute atomic E-state index is 0.732. The van der Waals surface area contributed by atoms with Gasteiger partial charge in [0.15, 0.2) is 0 Å². The van der Waals surface area contributed by atoms with Crippen molar-refractivity contribution >= 4 is 0 Å². The van der Waals surface area contributed by atoms with E-state index in [-0.39, 0.29) is 0 Å². The third-order valence-corrected chi connectivity index (χ3v) is 3.61. The predicted molar refractivity (Wildman–Crippen MR) is 89.1 cm³/mol. The highest BCUT2D eigenvalue weighted by atomic mass is 16.5. The van der Waals surface area contributed by atoms with Gasteiger partial charge in [0, 0.05) is 25.5 Å². The van der Waals surface area contributed by atoms with Gasteiger partial charge in [-0.15, -0.1) is 0 Å². The molecule has 0 atom stereocenters. The average molecular weight is 299 g/mol. The van der Waals surface area contributed by atoms with Crippen molar-refractivity contribution in [1.29, 1.82) is 0 Å². The van der Waals surface area contributed by atoms with Crippen LogP contribution in [0, 0.1) is 20.8 Å².